The first-order valence-electron chi connectivity index (χ1n) is 12.3. The van der Waals surface area contributed by atoms with Crippen molar-refractivity contribution >= 4 is 11.8 Å². The molecule has 3 heteroatoms. The van der Waals surface area contributed by atoms with Crippen molar-refractivity contribution in [3.63, 3.8) is 0 Å². The maximum atomic E-state index is 13.3. The number of carbonyl (C=O) groups is 2. The van der Waals surface area contributed by atoms with Gasteiger partial charge in [-0.05, 0) is 36.8 Å². The second-order valence-electron chi connectivity index (χ2n) is 7.95. The van der Waals surface area contributed by atoms with Gasteiger partial charge in [0.1, 0.15) is 6.61 Å². The van der Waals surface area contributed by atoms with Crippen LogP contribution in [0.4, 0.5) is 0 Å². The summed E-state index contributed by atoms with van der Waals surface area (Å²) in [5, 5.41) is 0. The molecule has 1 aliphatic carbocycles. The highest BCUT2D eigenvalue weighted by atomic mass is 16.5. The minimum atomic E-state index is -0.217. The van der Waals surface area contributed by atoms with Crippen LogP contribution in [0, 0.1) is 17.8 Å². The van der Waals surface area contributed by atoms with Crippen molar-refractivity contribution in [1.82, 2.24) is 0 Å². The Bertz CT molecular complexity index is 625. The number of ketones is 1. The van der Waals surface area contributed by atoms with Gasteiger partial charge in [0.15, 0.2) is 5.78 Å². The van der Waals surface area contributed by atoms with Gasteiger partial charge in [-0.1, -0.05) is 101 Å². The molecule has 0 heterocycles. The monoisotopic (exact) mass is 436 g/mol. The van der Waals surface area contributed by atoms with Crippen LogP contribution in [-0.4, -0.2) is 11.8 Å². The van der Waals surface area contributed by atoms with Gasteiger partial charge in [0.2, 0.25) is 0 Å². The summed E-state index contributed by atoms with van der Waals surface area (Å²) in [6, 6.07) is 6.10. The molecule has 2 atom stereocenters. The second-order valence-corrected chi connectivity index (χ2v) is 7.95. The van der Waals surface area contributed by atoms with E-state index >= 15 is 0 Å². The zero-order valence-electron chi connectivity index (χ0n) is 20.8. The van der Waals surface area contributed by atoms with E-state index in [0.29, 0.717) is 5.92 Å². The molecule has 2 unspecified atom stereocenters. The van der Waals surface area contributed by atoms with Crippen molar-refractivity contribution in [2.75, 3.05) is 0 Å². The van der Waals surface area contributed by atoms with Gasteiger partial charge < -0.3 is 4.74 Å². The maximum absolute atomic E-state index is 13.3. The van der Waals surface area contributed by atoms with Gasteiger partial charge in [0.05, 0.1) is 5.92 Å². The average molecular weight is 437 g/mol. The molecule has 0 spiro atoms. The number of benzene rings is 1. The summed E-state index contributed by atoms with van der Waals surface area (Å²) in [6.07, 6.45) is 7.58. The lowest BCUT2D eigenvalue weighted by atomic mass is 9.84. The number of aryl methyl sites for hydroxylation is 1. The van der Waals surface area contributed by atoms with Crippen LogP contribution in [-0.2, 0) is 22.6 Å². The molecular weight excluding hydrogens is 384 g/mol. The van der Waals surface area contributed by atoms with Gasteiger partial charge in [0.25, 0.3) is 0 Å². The largest absolute Gasteiger partial charge is 0.461 e. The Morgan fingerprint density at radius 2 is 1.71 bits per heavy atom. The van der Waals surface area contributed by atoms with Crippen LogP contribution in [0.2, 0.25) is 0 Å². The van der Waals surface area contributed by atoms with E-state index < -0.39 is 0 Å². The molecule has 1 aliphatic rings. The molecule has 0 N–H and O–H groups in total. The first kappa shape index (κ1) is 31.5. The topological polar surface area (TPSA) is 43.4 Å². The Balaban J connectivity index is -0.00000132. The highest BCUT2D eigenvalue weighted by molar-refractivity contribution is 5.99. The Hall–Kier alpha value is -1.64. The number of rotatable bonds is 9. The van der Waals surface area contributed by atoms with Crippen LogP contribution >= 0.6 is 0 Å². The van der Waals surface area contributed by atoms with E-state index in [4.69, 9.17) is 4.74 Å². The third-order valence-electron chi connectivity index (χ3n) is 5.48. The summed E-state index contributed by atoms with van der Waals surface area (Å²) in [5.41, 5.74) is 2.83. The van der Waals surface area contributed by atoms with Gasteiger partial charge in [0, 0.05) is 18.5 Å². The molecule has 0 radical (unpaired) electrons. The Kier molecular flexibility index (Phi) is 18.3. The summed E-state index contributed by atoms with van der Waals surface area (Å²) in [7, 11) is 0. The number of ether oxygens (including phenoxy) is 1. The third-order valence-corrected chi connectivity index (χ3v) is 5.48. The molecule has 31 heavy (non-hydrogen) atoms. The van der Waals surface area contributed by atoms with Crippen molar-refractivity contribution < 1.29 is 15.8 Å². The standard InChI is InChI=1S/C23H34O3.2C2H6.CH4.H2/c1-5-8-17-12-13-19(15-26-23(25)16(3)4)21(14-17)22(24)20-11-7-10-18(20)9-6-2;2*1-2;;/h12-14,16,18,20H,5-11,15H2,1-4H3;2*1-2H3;1H4;1H. The van der Waals surface area contributed by atoms with Crippen molar-refractivity contribution in [2.45, 2.75) is 114 Å². The maximum Gasteiger partial charge on any atom is 0.308 e. The zero-order valence-corrected chi connectivity index (χ0v) is 20.8. The lowest BCUT2D eigenvalue weighted by Gasteiger charge is -2.20. The van der Waals surface area contributed by atoms with Crippen molar-refractivity contribution in [3.8, 4) is 0 Å². The predicted octanol–water partition coefficient (Wildman–Crippen LogP) is 8.67. The fourth-order valence-corrected chi connectivity index (χ4v) is 4.04. The molecule has 1 fully saturated rings. The zero-order chi connectivity index (χ0) is 23.1. The first-order valence-corrected chi connectivity index (χ1v) is 12.3. The average Bonchev–Trinajstić information content (AvgIpc) is 3.23. The van der Waals surface area contributed by atoms with Crippen LogP contribution in [0.3, 0.4) is 0 Å². The Morgan fingerprint density at radius 1 is 1.06 bits per heavy atom. The van der Waals surface area contributed by atoms with E-state index in [1.54, 1.807) is 0 Å². The van der Waals surface area contributed by atoms with Crippen molar-refractivity contribution in [3.05, 3.63) is 34.9 Å². The van der Waals surface area contributed by atoms with E-state index in [0.717, 1.165) is 56.1 Å². The van der Waals surface area contributed by atoms with Crippen LogP contribution in [0.1, 0.15) is 124 Å². The van der Waals surface area contributed by atoms with E-state index in [1.165, 1.54) is 5.56 Å². The number of hydrogen-bond donors (Lipinski definition) is 0. The van der Waals surface area contributed by atoms with Gasteiger partial charge >= 0.3 is 5.97 Å². The number of Topliss-reactive ketones (excluding diaryl/α,β-unsaturated/α-hetero) is 1. The van der Waals surface area contributed by atoms with Crippen molar-refractivity contribution in [2.24, 2.45) is 17.8 Å². The van der Waals surface area contributed by atoms with E-state index in [9.17, 15) is 9.59 Å². The van der Waals surface area contributed by atoms with E-state index in [2.05, 4.69) is 19.9 Å². The number of hydrogen-bond acceptors (Lipinski definition) is 3. The summed E-state index contributed by atoms with van der Waals surface area (Å²) in [6.45, 7) is 16.2. The second kappa shape index (κ2) is 18.0. The normalized spacial score (nSPS) is 16.9. The molecule has 0 bridgehead atoms. The molecule has 3 nitrogen and oxygen atoms in total. The quantitative estimate of drug-likeness (QED) is 0.287. The van der Waals surface area contributed by atoms with Crippen LogP contribution in [0.5, 0.6) is 0 Å². The summed E-state index contributed by atoms with van der Waals surface area (Å²) in [4.78, 5) is 25.2. The van der Waals surface area contributed by atoms with Gasteiger partial charge in [-0.25, -0.2) is 0 Å². The molecule has 182 valence electrons. The predicted molar refractivity (Wildman–Crippen MR) is 137 cm³/mol. The lowest BCUT2D eigenvalue weighted by molar-refractivity contribution is -0.148. The van der Waals surface area contributed by atoms with Gasteiger partial charge in [-0.3, -0.25) is 9.59 Å². The molecular formula is C28H52O3. The smallest absolute Gasteiger partial charge is 0.308 e. The lowest BCUT2D eigenvalue weighted by Crippen LogP contribution is -2.21. The first-order chi connectivity index (χ1) is 14.5. The number of carbonyl (C=O) groups excluding carboxylic acids is 2. The van der Waals surface area contributed by atoms with Crippen molar-refractivity contribution in [1.29, 1.82) is 0 Å². The fourth-order valence-electron chi connectivity index (χ4n) is 4.04. The number of esters is 1. The van der Waals surface area contributed by atoms with Crippen LogP contribution in [0.15, 0.2) is 18.2 Å². The molecule has 1 saturated carbocycles. The minimum Gasteiger partial charge on any atom is -0.461 e. The Morgan fingerprint density at radius 3 is 2.26 bits per heavy atom. The summed E-state index contributed by atoms with van der Waals surface area (Å²) in [5.74, 6) is 0.525. The molecule has 0 amide bonds. The fraction of sp³-hybridized carbons (Fsp3) is 0.714. The third kappa shape index (κ3) is 10.0. The highest BCUT2D eigenvalue weighted by Gasteiger charge is 2.33. The van der Waals surface area contributed by atoms with Gasteiger partial charge in [-0.2, -0.15) is 0 Å². The Labute approximate surface area is 194 Å². The van der Waals surface area contributed by atoms with Crippen LogP contribution in [0.25, 0.3) is 0 Å². The SMILES string of the molecule is C.CC.CC.CCCc1ccc(COC(=O)C(C)C)c(C(=O)C2CCCC2CCC)c1.[HH]. The molecule has 0 saturated heterocycles. The van der Waals surface area contributed by atoms with Crippen LogP contribution < -0.4 is 0 Å². The summed E-state index contributed by atoms with van der Waals surface area (Å²) >= 11 is 0. The molecule has 0 aromatic heterocycles. The van der Waals surface area contributed by atoms with E-state index in [-0.39, 0.29) is 39.0 Å². The molecule has 2 rings (SSSR count). The summed E-state index contributed by atoms with van der Waals surface area (Å²) < 4.78 is 5.43. The minimum absolute atomic E-state index is 0. The van der Waals surface area contributed by atoms with Gasteiger partial charge in [-0.15, -0.1) is 0 Å². The molecule has 1 aromatic carbocycles. The molecule has 0 aliphatic heterocycles. The van der Waals surface area contributed by atoms with E-state index in [1.807, 2.05) is 53.7 Å². The highest BCUT2D eigenvalue weighted by Crippen LogP contribution is 2.37. The molecule has 1 aromatic rings.